The van der Waals surface area contributed by atoms with Gasteiger partial charge in [-0.1, -0.05) is 23.7 Å². The van der Waals surface area contributed by atoms with Gasteiger partial charge in [0.2, 0.25) is 5.13 Å². The van der Waals surface area contributed by atoms with Crippen molar-refractivity contribution in [2.24, 2.45) is 0 Å². The number of anilines is 1. The number of urea groups is 1. The Labute approximate surface area is 169 Å². The number of rotatable bonds is 6. The number of halogens is 1. The van der Waals surface area contributed by atoms with E-state index in [9.17, 15) is 4.79 Å². The second-order valence-electron chi connectivity index (χ2n) is 6.75. The average molecular weight is 409 g/mol. The number of carbonyl (C=O) groups is 1. The van der Waals surface area contributed by atoms with Crippen LogP contribution < -0.4 is 10.2 Å². The number of nitrogens with one attached hydrogen (secondary N) is 1. The fraction of sp³-hybridized carbons (Fsp3) is 0.500. The van der Waals surface area contributed by atoms with Gasteiger partial charge in [-0.25, -0.2) is 9.78 Å². The third kappa shape index (κ3) is 5.79. The van der Waals surface area contributed by atoms with Crippen molar-refractivity contribution in [3.63, 3.8) is 0 Å². The Kier molecular flexibility index (Phi) is 6.87. The number of carbonyl (C=O) groups excluding carboxylic acids is 1. The lowest BCUT2D eigenvalue weighted by Crippen LogP contribution is -2.49. The van der Waals surface area contributed by atoms with Crippen molar-refractivity contribution in [3.05, 3.63) is 40.7 Å². The molecular formula is C18H25ClN6OS. The molecule has 7 nitrogen and oxygen atoms in total. The Morgan fingerprint density at radius 3 is 2.59 bits per heavy atom. The molecule has 0 atom stereocenters. The highest BCUT2D eigenvalue weighted by atomic mass is 35.5. The number of aromatic nitrogens is 2. The molecule has 2 amide bonds. The molecule has 0 unspecified atom stereocenters. The highest BCUT2D eigenvalue weighted by Gasteiger charge is 2.20. The van der Waals surface area contributed by atoms with Crippen LogP contribution in [0.2, 0.25) is 5.02 Å². The lowest BCUT2D eigenvalue weighted by molar-refractivity contribution is 0.211. The number of hydrogen-bond acceptors (Lipinski definition) is 6. The van der Waals surface area contributed by atoms with Crippen LogP contribution in [0, 0.1) is 0 Å². The van der Waals surface area contributed by atoms with E-state index >= 15 is 0 Å². The summed E-state index contributed by atoms with van der Waals surface area (Å²) in [6.45, 7) is 5.31. The Morgan fingerprint density at radius 1 is 1.22 bits per heavy atom. The first-order chi connectivity index (χ1) is 13.0. The quantitative estimate of drug-likeness (QED) is 0.793. The van der Waals surface area contributed by atoms with E-state index in [0.717, 1.165) is 60.7 Å². The van der Waals surface area contributed by atoms with Gasteiger partial charge < -0.3 is 15.1 Å². The Morgan fingerprint density at radius 2 is 1.93 bits per heavy atom. The van der Waals surface area contributed by atoms with Crippen LogP contribution in [-0.2, 0) is 6.42 Å². The molecule has 0 aliphatic carbocycles. The van der Waals surface area contributed by atoms with E-state index in [1.165, 1.54) is 11.5 Å². The lowest BCUT2D eigenvalue weighted by Gasteiger charge is -2.34. The number of piperazine rings is 1. The fourth-order valence-corrected chi connectivity index (χ4v) is 3.73. The van der Waals surface area contributed by atoms with Crippen molar-refractivity contribution < 1.29 is 4.79 Å². The maximum Gasteiger partial charge on any atom is 0.316 e. The van der Waals surface area contributed by atoms with Crippen molar-refractivity contribution in [3.8, 4) is 0 Å². The van der Waals surface area contributed by atoms with Crippen molar-refractivity contribution in [2.45, 2.75) is 6.42 Å². The molecule has 3 rings (SSSR count). The lowest BCUT2D eigenvalue weighted by atomic mass is 10.1. The zero-order valence-corrected chi connectivity index (χ0v) is 17.3. The summed E-state index contributed by atoms with van der Waals surface area (Å²) in [5.74, 6) is 0.853. The molecule has 2 aromatic rings. The summed E-state index contributed by atoms with van der Waals surface area (Å²) in [5.41, 5.74) is 1.16. The first kappa shape index (κ1) is 19.9. The van der Waals surface area contributed by atoms with Gasteiger partial charge in [0.25, 0.3) is 0 Å². The van der Waals surface area contributed by atoms with Crippen molar-refractivity contribution >= 4 is 34.3 Å². The maximum atomic E-state index is 11.5. The van der Waals surface area contributed by atoms with Crippen LogP contribution >= 0.6 is 23.1 Å². The standard InChI is InChI=1S/C18H25ClN6OS/c1-23(2)17(26)20-7-8-24-9-11-25(12-10-24)18-21-16(22-27-18)13-14-3-5-15(19)6-4-14/h3-6H,7-13H2,1-2H3,(H,20,26). The van der Waals surface area contributed by atoms with Crippen molar-refractivity contribution in [2.75, 3.05) is 58.3 Å². The van der Waals surface area contributed by atoms with E-state index in [0.29, 0.717) is 6.54 Å². The molecular weight excluding hydrogens is 384 g/mol. The summed E-state index contributed by atoms with van der Waals surface area (Å²) in [4.78, 5) is 22.4. The van der Waals surface area contributed by atoms with Crippen LogP contribution in [0.1, 0.15) is 11.4 Å². The van der Waals surface area contributed by atoms with E-state index in [2.05, 4.69) is 19.5 Å². The van der Waals surface area contributed by atoms with Gasteiger partial charge in [-0.2, -0.15) is 4.37 Å². The van der Waals surface area contributed by atoms with E-state index in [1.807, 2.05) is 24.3 Å². The van der Waals surface area contributed by atoms with Gasteiger partial charge in [-0.15, -0.1) is 0 Å². The first-order valence-corrected chi connectivity index (χ1v) is 10.2. The molecule has 1 aliphatic heterocycles. The van der Waals surface area contributed by atoms with E-state index in [4.69, 9.17) is 16.6 Å². The monoisotopic (exact) mass is 408 g/mol. The second-order valence-corrected chi connectivity index (χ2v) is 7.92. The van der Waals surface area contributed by atoms with Gasteiger partial charge in [0.05, 0.1) is 0 Å². The smallest absolute Gasteiger partial charge is 0.316 e. The van der Waals surface area contributed by atoms with Crippen LogP contribution in [0.3, 0.4) is 0 Å². The molecule has 9 heteroatoms. The summed E-state index contributed by atoms with van der Waals surface area (Å²) in [5, 5.41) is 4.63. The molecule has 27 heavy (non-hydrogen) atoms. The molecule has 0 bridgehead atoms. The number of nitrogens with zero attached hydrogens (tertiary/aromatic N) is 5. The summed E-state index contributed by atoms with van der Waals surface area (Å²) in [7, 11) is 3.49. The molecule has 0 radical (unpaired) electrons. The van der Waals surface area contributed by atoms with Gasteiger partial charge >= 0.3 is 6.03 Å². The van der Waals surface area contributed by atoms with E-state index < -0.39 is 0 Å². The molecule has 1 aromatic carbocycles. The molecule has 1 aromatic heterocycles. The number of amides is 2. The molecule has 0 spiro atoms. The number of hydrogen-bond donors (Lipinski definition) is 1. The topological polar surface area (TPSA) is 64.6 Å². The van der Waals surface area contributed by atoms with Gasteiger partial charge in [0.1, 0.15) is 5.82 Å². The second kappa shape index (κ2) is 9.34. The predicted molar refractivity (Wildman–Crippen MR) is 110 cm³/mol. The minimum Gasteiger partial charge on any atom is -0.344 e. The molecule has 1 fully saturated rings. The molecule has 1 N–H and O–H groups in total. The molecule has 2 heterocycles. The molecule has 1 aliphatic rings. The predicted octanol–water partition coefficient (Wildman–Crippen LogP) is 2.18. The highest BCUT2D eigenvalue weighted by molar-refractivity contribution is 7.09. The minimum absolute atomic E-state index is 0.0456. The normalized spacial score (nSPS) is 15.0. The minimum atomic E-state index is -0.0456. The van der Waals surface area contributed by atoms with Crippen LogP contribution in [0.25, 0.3) is 0 Å². The zero-order chi connectivity index (χ0) is 19.2. The summed E-state index contributed by atoms with van der Waals surface area (Å²) >= 11 is 7.39. The Balaban J connectivity index is 1.44. The average Bonchev–Trinajstić information content (AvgIpc) is 3.12. The Bertz CT molecular complexity index is 743. The van der Waals surface area contributed by atoms with Gasteiger partial charge in [-0.05, 0) is 17.7 Å². The van der Waals surface area contributed by atoms with Crippen LogP contribution in [0.15, 0.2) is 24.3 Å². The number of benzene rings is 1. The SMILES string of the molecule is CN(C)C(=O)NCCN1CCN(c2nc(Cc3ccc(Cl)cc3)ns2)CC1. The zero-order valence-electron chi connectivity index (χ0n) is 15.7. The van der Waals surface area contributed by atoms with Crippen LogP contribution in [-0.4, -0.2) is 78.6 Å². The van der Waals surface area contributed by atoms with Crippen molar-refractivity contribution in [1.82, 2.24) is 24.5 Å². The molecule has 0 saturated carbocycles. The van der Waals surface area contributed by atoms with E-state index in [-0.39, 0.29) is 6.03 Å². The van der Waals surface area contributed by atoms with Gasteiger partial charge in [-0.3, -0.25) is 4.90 Å². The fourth-order valence-electron chi connectivity index (χ4n) is 2.87. The molecule has 146 valence electrons. The highest BCUT2D eigenvalue weighted by Crippen LogP contribution is 2.21. The summed E-state index contributed by atoms with van der Waals surface area (Å²) in [6, 6.07) is 7.76. The van der Waals surface area contributed by atoms with Gasteiger partial charge in [0, 0.05) is 76.3 Å². The first-order valence-electron chi connectivity index (χ1n) is 9.01. The van der Waals surface area contributed by atoms with E-state index in [1.54, 1.807) is 19.0 Å². The summed E-state index contributed by atoms with van der Waals surface area (Å²) < 4.78 is 4.50. The third-order valence-electron chi connectivity index (χ3n) is 4.49. The molecule has 1 saturated heterocycles. The van der Waals surface area contributed by atoms with Gasteiger partial charge in [0.15, 0.2) is 0 Å². The third-order valence-corrected chi connectivity index (χ3v) is 5.55. The van der Waals surface area contributed by atoms with Crippen LogP contribution in [0.4, 0.5) is 9.93 Å². The maximum absolute atomic E-state index is 11.5. The summed E-state index contributed by atoms with van der Waals surface area (Å²) in [6.07, 6.45) is 0.721. The van der Waals surface area contributed by atoms with Crippen molar-refractivity contribution in [1.29, 1.82) is 0 Å². The largest absolute Gasteiger partial charge is 0.344 e. The van der Waals surface area contributed by atoms with Crippen LogP contribution in [0.5, 0.6) is 0 Å². The Hall–Kier alpha value is -1.90.